The first-order valence-electron chi connectivity index (χ1n) is 6.92. The summed E-state index contributed by atoms with van der Waals surface area (Å²) >= 11 is 1.39. The van der Waals surface area contributed by atoms with Crippen molar-refractivity contribution in [3.63, 3.8) is 0 Å². The van der Waals surface area contributed by atoms with Gasteiger partial charge >= 0.3 is 0 Å². The van der Waals surface area contributed by atoms with Crippen LogP contribution in [-0.4, -0.2) is 31.3 Å². The molecule has 0 spiro atoms. The van der Waals surface area contributed by atoms with Gasteiger partial charge in [0.15, 0.2) is 5.13 Å². The minimum absolute atomic E-state index is 0.346. The minimum Gasteiger partial charge on any atom is -0.375 e. The molecule has 0 aliphatic heterocycles. The largest absolute Gasteiger partial charge is 0.375 e. The molecule has 0 atom stereocenters. The monoisotopic (exact) mass is 340 g/mol. The number of nitrogens with two attached hydrogens (primary N) is 1. The summed E-state index contributed by atoms with van der Waals surface area (Å²) in [5.74, 6) is 0. The predicted octanol–water partition coefficient (Wildman–Crippen LogP) is 1.62. The SMILES string of the molecule is CN(Cc1ccccc1)S(=O)(=O)NCCCc1csc(N)n1. The first-order chi connectivity index (χ1) is 10.5. The van der Waals surface area contributed by atoms with Crippen molar-refractivity contribution in [2.45, 2.75) is 19.4 Å². The van der Waals surface area contributed by atoms with Gasteiger partial charge in [-0.1, -0.05) is 30.3 Å². The second kappa shape index (κ2) is 7.68. The molecule has 1 aromatic heterocycles. The highest BCUT2D eigenvalue weighted by atomic mass is 32.2. The van der Waals surface area contributed by atoms with Crippen molar-refractivity contribution in [1.82, 2.24) is 14.0 Å². The molecular weight excluding hydrogens is 320 g/mol. The van der Waals surface area contributed by atoms with E-state index in [2.05, 4.69) is 9.71 Å². The van der Waals surface area contributed by atoms with Crippen molar-refractivity contribution in [3.8, 4) is 0 Å². The number of thiazole rings is 1. The van der Waals surface area contributed by atoms with E-state index < -0.39 is 10.2 Å². The summed E-state index contributed by atoms with van der Waals surface area (Å²) in [5, 5.41) is 2.43. The van der Waals surface area contributed by atoms with E-state index in [0.29, 0.717) is 31.1 Å². The third-order valence-corrected chi connectivity index (χ3v) is 5.36. The highest BCUT2D eigenvalue weighted by Crippen LogP contribution is 2.12. The highest BCUT2D eigenvalue weighted by Gasteiger charge is 2.16. The number of rotatable bonds is 8. The summed E-state index contributed by atoms with van der Waals surface area (Å²) in [6.07, 6.45) is 1.39. The zero-order valence-corrected chi connectivity index (χ0v) is 14.0. The van der Waals surface area contributed by atoms with Crippen molar-refractivity contribution in [2.24, 2.45) is 0 Å². The molecule has 6 nitrogen and oxygen atoms in total. The second-order valence-electron chi connectivity index (χ2n) is 4.92. The molecule has 0 aliphatic carbocycles. The first-order valence-corrected chi connectivity index (χ1v) is 9.24. The van der Waals surface area contributed by atoms with Gasteiger partial charge in [0, 0.05) is 25.5 Å². The normalized spacial score (nSPS) is 11.9. The molecule has 0 aliphatic rings. The van der Waals surface area contributed by atoms with Crippen LogP contribution in [0, 0.1) is 0 Å². The molecule has 8 heteroatoms. The van der Waals surface area contributed by atoms with Crippen LogP contribution in [0.5, 0.6) is 0 Å². The molecule has 2 rings (SSSR count). The van der Waals surface area contributed by atoms with Crippen LogP contribution < -0.4 is 10.5 Å². The maximum absolute atomic E-state index is 12.1. The van der Waals surface area contributed by atoms with Gasteiger partial charge in [-0.2, -0.15) is 12.7 Å². The van der Waals surface area contributed by atoms with E-state index in [1.54, 1.807) is 7.05 Å². The van der Waals surface area contributed by atoms with Crippen LogP contribution in [0.25, 0.3) is 0 Å². The van der Waals surface area contributed by atoms with E-state index in [4.69, 9.17) is 5.73 Å². The molecule has 3 N–H and O–H groups in total. The topological polar surface area (TPSA) is 88.3 Å². The van der Waals surface area contributed by atoms with Gasteiger partial charge < -0.3 is 5.73 Å². The molecule has 0 saturated carbocycles. The number of anilines is 1. The van der Waals surface area contributed by atoms with Crippen LogP contribution in [0.3, 0.4) is 0 Å². The van der Waals surface area contributed by atoms with E-state index in [-0.39, 0.29) is 0 Å². The van der Waals surface area contributed by atoms with Gasteiger partial charge in [0.25, 0.3) is 10.2 Å². The van der Waals surface area contributed by atoms with Crippen molar-refractivity contribution in [3.05, 3.63) is 47.0 Å². The van der Waals surface area contributed by atoms with Crippen molar-refractivity contribution < 1.29 is 8.42 Å². The number of hydrogen-bond donors (Lipinski definition) is 2. The third kappa shape index (κ3) is 5.06. The summed E-state index contributed by atoms with van der Waals surface area (Å²) in [5.41, 5.74) is 7.41. The Morgan fingerprint density at radius 1 is 1.32 bits per heavy atom. The van der Waals surface area contributed by atoms with E-state index in [0.717, 1.165) is 11.3 Å². The average Bonchev–Trinajstić information content (AvgIpc) is 2.90. The Morgan fingerprint density at radius 2 is 2.05 bits per heavy atom. The Balaban J connectivity index is 1.77. The Kier molecular flexibility index (Phi) is 5.90. The summed E-state index contributed by atoms with van der Waals surface area (Å²) in [7, 11) is -1.90. The predicted molar refractivity (Wildman–Crippen MR) is 89.7 cm³/mol. The molecule has 120 valence electrons. The first kappa shape index (κ1) is 16.9. The number of nitrogen functional groups attached to an aromatic ring is 1. The van der Waals surface area contributed by atoms with Crippen molar-refractivity contribution >= 4 is 26.7 Å². The van der Waals surface area contributed by atoms with Gasteiger partial charge in [-0.15, -0.1) is 11.3 Å². The number of aromatic nitrogens is 1. The lowest BCUT2D eigenvalue weighted by Crippen LogP contribution is -2.38. The van der Waals surface area contributed by atoms with Gasteiger partial charge in [-0.25, -0.2) is 9.71 Å². The smallest absolute Gasteiger partial charge is 0.279 e. The molecular formula is C14H20N4O2S2. The molecule has 0 unspecified atom stereocenters. The number of benzene rings is 1. The van der Waals surface area contributed by atoms with Gasteiger partial charge in [0.05, 0.1) is 5.69 Å². The fraction of sp³-hybridized carbons (Fsp3) is 0.357. The molecule has 0 bridgehead atoms. The van der Waals surface area contributed by atoms with Gasteiger partial charge in [0.1, 0.15) is 0 Å². The number of aryl methyl sites for hydroxylation is 1. The van der Waals surface area contributed by atoms with Gasteiger partial charge in [-0.05, 0) is 18.4 Å². The Bertz CT molecular complexity index is 686. The summed E-state index contributed by atoms with van der Waals surface area (Å²) in [4.78, 5) is 4.14. The Hall–Kier alpha value is -1.48. The van der Waals surface area contributed by atoms with E-state index in [1.165, 1.54) is 15.6 Å². The van der Waals surface area contributed by atoms with Crippen molar-refractivity contribution in [2.75, 3.05) is 19.3 Å². The molecule has 0 radical (unpaired) electrons. The fourth-order valence-corrected chi connectivity index (χ4v) is 3.48. The van der Waals surface area contributed by atoms with E-state index in [1.807, 2.05) is 35.7 Å². The van der Waals surface area contributed by atoms with Crippen LogP contribution in [0.15, 0.2) is 35.7 Å². The van der Waals surface area contributed by atoms with Crippen LogP contribution in [0.2, 0.25) is 0 Å². The molecule has 0 saturated heterocycles. The lowest BCUT2D eigenvalue weighted by molar-refractivity contribution is 0.454. The molecule has 0 amide bonds. The number of hydrogen-bond acceptors (Lipinski definition) is 5. The maximum atomic E-state index is 12.1. The van der Waals surface area contributed by atoms with Gasteiger partial charge in [0.2, 0.25) is 0 Å². The lowest BCUT2D eigenvalue weighted by atomic mass is 10.2. The maximum Gasteiger partial charge on any atom is 0.279 e. The Morgan fingerprint density at radius 3 is 2.68 bits per heavy atom. The van der Waals surface area contributed by atoms with Crippen LogP contribution >= 0.6 is 11.3 Å². The molecule has 22 heavy (non-hydrogen) atoms. The standard InChI is InChI=1S/C14H20N4O2S2/c1-18(10-12-6-3-2-4-7-12)22(19,20)16-9-5-8-13-11-21-14(15)17-13/h2-4,6-7,11,16H,5,8-10H2,1H3,(H2,15,17). The van der Waals surface area contributed by atoms with Gasteiger partial charge in [-0.3, -0.25) is 0 Å². The molecule has 2 aromatic rings. The molecule has 1 heterocycles. The molecule has 1 aromatic carbocycles. The van der Waals surface area contributed by atoms with Crippen LogP contribution in [0.4, 0.5) is 5.13 Å². The average molecular weight is 340 g/mol. The van der Waals surface area contributed by atoms with Crippen LogP contribution in [-0.2, 0) is 23.2 Å². The zero-order valence-electron chi connectivity index (χ0n) is 12.4. The zero-order chi connectivity index (χ0) is 16.0. The summed E-state index contributed by atoms with van der Waals surface area (Å²) < 4.78 is 28.2. The van der Waals surface area contributed by atoms with E-state index >= 15 is 0 Å². The third-order valence-electron chi connectivity index (χ3n) is 3.12. The fourth-order valence-electron chi connectivity index (χ4n) is 1.94. The quantitative estimate of drug-likeness (QED) is 0.715. The Labute approximate surface area is 135 Å². The highest BCUT2D eigenvalue weighted by molar-refractivity contribution is 7.87. The second-order valence-corrected chi connectivity index (χ2v) is 7.67. The van der Waals surface area contributed by atoms with Crippen LogP contribution in [0.1, 0.15) is 17.7 Å². The lowest BCUT2D eigenvalue weighted by Gasteiger charge is -2.17. The van der Waals surface area contributed by atoms with Crippen molar-refractivity contribution in [1.29, 1.82) is 0 Å². The summed E-state index contributed by atoms with van der Waals surface area (Å²) in [6.45, 7) is 0.720. The molecule has 0 fully saturated rings. The number of nitrogens with one attached hydrogen (secondary N) is 1. The van der Waals surface area contributed by atoms with E-state index in [9.17, 15) is 8.42 Å². The summed E-state index contributed by atoms with van der Waals surface area (Å²) in [6, 6.07) is 9.49. The minimum atomic E-state index is -3.47. The number of nitrogens with zero attached hydrogens (tertiary/aromatic N) is 2.